The number of carbonyl (C=O) groups excluding carboxylic acids is 1. The summed E-state index contributed by atoms with van der Waals surface area (Å²) in [4.78, 5) is 13.8. The molecule has 1 aliphatic carbocycles. The van der Waals surface area contributed by atoms with Crippen LogP contribution in [0, 0.1) is 5.92 Å². The lowest BCUT2D eigenvalue weighted by molar-refractivity contribution is -0.123. The molecule has 1 fully saturated rings. The van der Waals surface area contributed by atoms with E-state index in [0.29, 0.717) is 5.78 Å². The minimum Gasteiger partial charge on any atom is -0.376 e. The second kappa shape index (κ2) is 3.99. The SMILES string of the molecule is CN1C=C(C2CCCCC2=O)C=CC1. The number of hydrogen-bond acceptors (Lipinski definition) is 2. The molecule has 2 nitrogen and oxygen atoms in total. The van der Waals surface area contributed by atoms with E-state index in [1.165, 1.54) is 12.0 Å². The Hall–Kier alpha value is -1.05. The fraction of sp³-hybridized carbons (Fsp3) is 0.583. The van der Waals surface area contributed by atoms with Gasteiger partial charge in [-0.15, -0.1) is 0 Å². The number of allylic oxidation sites excluding steroid dienone is 2. The van der Waals surface area contributed by atoms with Gasteiger partial charge in [0.15, 0.2) is 0 Å². The van der Waals surface area contributed by atoms with Crippen molar-refractivity contribution in [1.82, 2.24) is 4.90 Å². The van der Waals surface area contributed by atoms with Gasteiger partial charge in [-0.1, -0.05) is 18.6 Å². The van der Waals surface area contributed by atoms with Crippen LogP contribution in [0.3, 0.4) is 0 Å². The minimum atomic E-state index is 0.183. The van der Waals surface area contributed by atoms with Gasteiger partial charge in [0.2, 0.25) is 0 Å². The normalized spacial score (nSPS) is 27.8. The van der Waals surface area contributed by atoms with Gasteiger partial charge in [0.05, 0.1) is 0 Å². The fourth-order valence-corrected chi connectivity index (χ4v) is 2.25. The van der Waals surface area contributed by atoms with Crippen molar-refractivity contribution in [2.24, 2.45) is 5.92 Å². The summed E-state index contributed by atoms with van der Waals surface area (Å²) in [5.41, 5.74) is 1.21. The van der Waals surface area contributed by atoms with E-state index in [4.69, 9.17) is 0 Å². The Balaban J connectivity index is 2.13. The molecule has 1 saturated carbocycles. The van der Waals surface area contributed by atoms with Crippen molar-refractivity contribution in [2.75, 3.05) is 13.6 Å². The van der Waals surface area contributed by atoms with Crippen LogP contribution in [0.1, 0.15) is 25.7 Å². The largest absolute Gasteiger partial charge is 0.376 e. The first kappa shape index (κ1) is 9.50. The van der Waals surface area contributed by atoms with Crippen molar-refractivity contribution in [2.45, 2.75) is 25.7 Å². The Morgan fingerprint density at radius 1 is 1.43 bits per heavy atom. The molecule has 0 radical (unpaired) electrons. The molecule has 0 amide bonds. The zero-order valence-electron chi connectivity index (χ0n) is 8.70. The number of likely N-dealkylation sites (N-methyl/N-ethyl adjacent to an activating group) is 1. The van der Waals surface area contributed by atoms with Gasteiger partial charge >= 0.3 is 0 Å². The number of Topliss-reactive ketones (excluding diaryl/α,β-unsaturated/α-hetero) is 1. The monoisotopic (exact) mass is 191 g/mol. The quantitative estimate of drug-likeness (QED) is 0.633. The first-order chi connectivity index (χ1) is 6.77. The lowest BCUT2D eigenvalue weighted by atomic mass is 9.82. The van der Waals surface area contributed by atoms with E-state index >= 15 is 0 Å². The van der Waals surface area contributed by atoms with E-state index in [9.17, 15) is 4.79 Å². The minimum absolute atomic E-state index is 0.183. The van der Waals surface area contributed by atoms with Crippen LogP contribution in [0.5, 0.6) is 0 Å². The highest BCUT2D eigenvalue weighted by atomic mass is 16.1. The van der Waals surface area contributed by atoms with Crippen LogP contribution < -0.4 is 0 Å². The molecule has 0 spiro atoms. The molecular weight excluding hydrogens is 174 g/mol. The molecule has 2 rings (SSSR count). The summed E-state index contributed by atoms with van der Waals surface area (Å²) in [6.45, 7) is 0.963. The molecule has 0 bridgehead atoms. The zero-order valence-corrected chi connectivity index (χ0v) is 8.70. The Kier molecular flexibility index (Phi) is 2.71. The second-order valence-electron chi connectivity index (χ2n) is 4.24. The van der Waals surface area contributed by atoms with Crippen molar-refractivity contribution >= 4 is 5.78 Å². The first-order valence-electron chi connectivity index (χ1n) is 5.38. The van der Waals surface area contributed by atoms with E-state index in [0.717, 1.165) is 25.8 Å². The average molecular weight is 191 g/mol. The molecule has 0 aromatic carbocycles. The Bertz CT molecular complexity index is 291. The van der Waals surface area contributed by atoms with E-state index < -0.39 is 0 Å². The summed E-state index contributed by atoms with van der Waals surface area (Å²) in [6, 6.07) is 0. The van der Waals surface area contributed by atoms with Gasteiger partial charge in [-0.3, -0.25) is 4.79 Å². The molecule has 76 valence electrons. The molecule has 0 aromatic heterocycles. The number of rotatable bonds is 1. The summed E-state index contributed by atoms with van der Waals surface area (Å²) in [7, 11) is 2.05. The second-order valence-corrected chi connectivity index (χ2v) is 4.24. The third-order valence-corrected chi connectivity index (χ3v) is 3.03. The smallest absolute Gasteiger partial charge is 0.140 e. The van der Waals surface area contributed by atoms with Crippen molar-refractivity contribution in [3.05, 3.63) is 23.9 Å². The predicted octanol–water partition coefficient (Wildman–Crippen LogP) is 2.13. The lowest BCUT2D eigenvalue weighted by Crippen LogP contribution is -2.24. The van der Waals surface area contributed by atoms with Crippen LogP contribution in [0.4, 0.5) is 0 Å². The number of carbonyl (C=O) groups is 1. The van der Waals surface area contributed by atoms with Crippen LogP contribution in [-0.2, 0) is 4.79 Å². The highest BCUT2D eigenvalue weighted by Crippen LogP contribution is 2.28. The number of nitrogens with zero attached hydrogens (tertiary/aromatic N) is 1. The van der Waals surface area contributed by atoms with Gasteiger partial charge in [-0.05, 0) is 18.4 Å². The Morgan fingerprint density at radius 3 is 3.00 bits per heavy atom. The van der Waals surface area contributed by atoms with Crippen LogP contribution in [0.25, 0.3) is 0 Å². The standard InChI is InChI=1S/C12H17NO/c1-13-8-4-5-10(9-13)11-6-2-3-7-12(11)14/h4-5,9,11H,2-3,6-8H2,1H3. The molecule has 0 N–H and O–H groups in total. The van der Waals surface area contributed by atoms with Crippen LogP contribution >= 0.6 is 0 Å². The number of hydrogen-bond donors (Lipinski definition) is 0. The third kappa shape index (κ3) is 1.89. The molecule has 1 aliphatic heterocycles. The summed E-state index contributed by atoms with van der Waals surface area (Å²) >= 11 is 0. The predicted molar refractivity (Wildman–Crippen MR) is 56.8 cm³/mol. The third-order valence-electron chi connectivity index (χ3n) is 3.03. The van der Waals surface area contributed by atoms with Crippen molar-refractivity contribution in [1.29, 1.82) is 0 Å². The van der Waals surface area contributed by atoms with Crippen LogP contribution in [-0.4, -0.2) is 24.3 Å². The van der Waals surface area contributed by atoms with Gasteiger partial charge in [0.25, 0.3) is 0 Å². The highest BCUT2D eigenvalue weighted by molar-refractivity contribution is 5.85. The molecule has 0 saturated heterocycles. The van der Waals surface area contributed by atoms with Crippen LogP contribution in [0.15, 0.2) is 23.9 Å². The summed E-state index contributed by atoms with van der Waals surface area (Å²) in [5.74, 6) is 0.616. The average Bonchev–Trinajstić information content (AvgIpc) is 2.18. The van der Waals surface area contributed by atoms with Gasteiger partial charge < -0.3 is 4.90 Å². The summed E-state index contributed by atoms with van der Waals surface area (Å²) in [6.07, 6.45) is 10.5. The highest BCUT2D eigenvalue weighted by Gasteiger charge is 2.25. The van der Waals surface area contributed by atoms with Crippen molar-refractivity contribution in [3.8, 4) is 0 Å². The van der Waals surface area contributed by atoms with Gasteiger partial charge in [-0.2, -0.15) is 0 Å². The number of ketones is 1. The van der Waals surface area contributed by atoms with Crippen molar-refractivity contribution in [3.63, 3.8) is 0 Å². The summed E-state index contributed by atoms with van der Waals surface area (Å²) in [5, 5.41) is 0. The van der Waals surface area contributed by atoms with E-state index in [1.807, 2.05) is 0 Å². The maximum absolute atomic E-state index is 11.7. The van der Waals surface area contributed by atoms with E-state index in [-0.39, 0.29) is 5.92 Å². The Labute approximate surface area is 85.3 Å². The molecule has 2 heteroatoms. The molecule has 1 atom stereocenters. The van der Waals surface area contributed by atoms with Crippen LogP contribution in [0.2, 0.25) is 0 Å². The maximum atomic E-state index is 11.7. The van der Waals surface area contributed by atoms with Crippen molar-refractivity contribution < 1.29 is 4.79 Å². The summed E-state index contributed by atoms with van der Waals surface area (Å²) < 4.78 is 0. The fourth-order valence-electron chi connectivity index (χ4n) is 2.25. The van der Waals surface area contributed by atoms with Gasteiger partial charge in [-0.25, -0.2) is 0 Å². The molecular formula is C12H17NO. The molecule has 1 unspecified atom stereocenters. The first-order valence-corrected chi connectivity index (χ1v) is 5.38. The van der Waals surface area contributed by atoms with E-state index in [2.05, 4.69) is 30.3 Å². The topological polar surface area (TPSA) is 20.3 Å². The molecule has 14 heavy (non-hydrogen) atoms. The lowest BCUT2D eigenvalue weighted by Gasteiger charge is -2.26. The molecule has 2 aliphatic rings. The Morgan fingerprint density at radius 2 is 2.29 bits per heavy atom. The maximum Gasteiger partial charge on any atom is 0.140 e. The molecule has 0 aromatic rings. The molecule has 1 heterocycles. The zero-order chi connectivity index (χ0) is 9.97. The van der Waals surface area contributed by atoms with Gasteiger partial charge in [0.1, 0.15) is 5.78 Å². The van der Waals surface area contributed by atoms with Gasteiger partial charge in [0, 0.05) is 32.1 Å². The van der Waals surface area contributed by atoms with E-state index in [1.54, 1.807) is 0 Å².